The highest BCUT2D eigenvalue weighted by Gasteiger charge is 1.99. The Kier molecular flexibility index (Phi) is 5.37. The number of hydrogen-bond acceptors (Lipinski definition) is 3. The van der Waals surface area contributed by atoms with Gasteiger partial charge in [0.15, 0.2) is 5.11 Å². The number of anilines is 1. The molecule has 0 saturated carbocycles. The van der Waals surface area contributed by atoms with Gasteiger partial charge >= 0.3 is 0 Å². The minimum atomic E-state index is 0.615. The Morgan fingerprint density at radius 3 is 3.10 bits per heavy atom. The smallest absolute Gasteiger partial charge is 0.170 e. The van der Waals surface area contributed by atoms with Crippen molar-refractivity contribution in [1.29, 1.82) is 0 Å². The first-order chi connectivity index (χ1) is 9.78. The number of imidazole rings is 1. The van der Waals surface area contributed by atoms with Crippen LogP contribution in [0.1, 0.15) is 6.42 Å². The van der Waals surface area contributed by atoms with E-state index in [1.54, 1.807) is 13.3 Å². The summed E-state index contributed by atoms with van der Waals surface area (Å²) in [5.74, 6) is 0.804. The number of ether oxygens (including phenoxy) is 1. The Bertz CT molecular complexity index is 542. The lowest BCUT2D eigenvalue weighted by Gasteiger charge is -2.11. The van der Waals surface area contributed by atoms with Crippen LogP contribution in [0, 0.1) is 0 Å². The molecule has 0 amide bonds. The molecule has 0 spiro atoms. The maximum atomic E-state index is 5.25. The van der Waals surface area contributed by atoms with Gasteiger partial charge in [0.2, 0.25) is 0 Å². The summed E-state index contributed by atoms with van der Waals surface area (Å²) in [5.41, 5.74) is 0.913. The van der Waals surface area contributed by atoms with Crippen LogP contribution in [0.25, 0.3) is 0 Å². The van der Waals surface area contributed by atoms with Gasteiger partial charge < -0.3 is 19.9 Å². The molecule has 2 aromatic rings. The molecule has 2 rings (SSSR count). The van der Waals surface area contributed by atoms with E-state index in [0.29, 0.717) is 5.11 Å². The molecule has 20 heavy (non-hydrogen) atoms. The number of aryl methyl sites for hydroxylation is 1. The van der Waals surface area contributed by atoms with Gasteiger partial charge in [0.25, 0.3) is 0 Å². The Morgan fingerprint density at radius 2 is 2.35 bits per heavy atom. The van der Waals surface area contributed by atoms with Gasteiger partial charge in [-0.2, -0.15) is 0 Å². The summed E-state index contributed by atoms with van der Waals surface area (Å²) >= 11 is 5.25. The SMILES string of the molecule is COc1cccc(NC(=S)NCCCn2ccnc2)c1. The number of rotatable bonds is 6. The van der Waals surface area contributed by atoms with Gasteiger partial charge in [0, 0.05) is 37.2 Å². The Hall–Kier alpha value is -2.08. The highest BCUT2D eigenvalue weighted by molar-refractivity contribution is 7.80. The van der Waals surface area contributed by atoms with Crippen LogP contribution in [-0.4, -0.2) is 28.3 Å². The average Bonchev–Trinajstić information content (AvgIpc) is 2.97. The summed E-state index contributed by atoms with van der Waals surface area (Å²) in [6.07, 6.45) is 6.53. The predicted molar refractivity (Wildman–Crippen MR) is 84.1 cm³/mol. The largest absolute Gasteiger partial charge is 0.497 e. The zero-order chi connectivity index (χ0) is 14.2. The summed E-state index contributed by atoms with van der Waals surface area (Å²) in [7, 11) is 1.64. The molecule has 0 aliphatic rings. The molecular weight excluding hydrogens is 272 g/mol. The van der Waals surface area contributed by atoms with Crippen molar-refractivity contribution in [2.24, 2.45) is 0 Å². The minimum absolute atomic E-state index is 0.615. The van der Waals surface area contributed by atoms with Crippen LogP contribution in [0.3, 0.4) is 0 Å². The first-order valence-corrected chi connectivity index (χ1v) is 6.83. The quantitative estimate of drug-likeness (QED) is 0.631. The van der Waals surface area contributed by atoms with Gasteiger partial charge in [-0.15, -0.1) is 0 Å². The van der Waals surface area contributed by atoms with Crippen LogP contribution < -0.4 is 15.4 Å². The molecule has 5 nitrogen and oxygen atoms in total. The zero-order valence-corrected chi connectivity index (χ0v) is 12.2. The molecule has 0 bridgehead atoms. The lowest BCUT2D eigenvalue weighted by molar-refractivity contribution is 0.415. The third kappa shape index (κ3) is 4.55. The van der Waals surface area contributed by atoms with E-state index in [9.17, 15) is 0 Å². The zero-order valence-electron chi connectivity index (χ0n) is 11.4. The van der Waals surface area contributed by atoms with Crippen LogP contribution in [0.15, 0.2) is 43.0 Å². The van der Waals surface area contributed by atoms with Crippen molar-refractivity contribution in [2.75, 3.05) is 19.0 Å². The molecule has 1 aromatic heterocycles. The number of aromatic nitrogens is 2. The van der Waals surface area contributed by atoms with E-state index < -0.39 is 0 Å². The molecule has 0 fully saturated rings. The standard InChI is InChI=1S/C14H18N4OS/c1-19-13-5-2-4-12(10-13)17-14(20)16-6-3-8-18-9-7-15-11-18/h2,4-5,7,9-11H,3,6,8H2,1H3,(H2,16,17,20). The first kappa shape index (κ1) is 14.3. The number of nitrogens with zero attached hydrogens (tertiary/aromatic N) is 2. The number of benzene rings is 1. The molecule has 0 aliphatic heterocycles. The Morgan fingerprint density at radius 1 is 1.45 bits per heavy atom. The molecule has 6 heteroatoms. The summed E-state index contributed by atoms with van der Waals surface area (Å²) in [6.45, 7) is 1.74. The van der Waals surface area contributed by atoms with Crippen molar-refractivity contribution < 1.29 is 4.74 Å². The highest BCUT2D eigenvalue weighted by Crippen LogP contribution is 2.16. The van der Waals surface area contributed by atoms with Crippen LogP contribution in [0.5, 0.6) is 5.75 Å². The van der Waals surface area contributed by atoms with Gasteiger partial charge in [-0.25, -0.2) is 4.98 Å². The van der Waals surface area contributed by atoms with Crippen molar-refractivity contribution in [2.45, 2.75) is 13.0 Å². The Balaban J connectivity index is 1.69. The molecule has 0 saturated heterocycles. The van der Waals surface area contributed by atoms with Gasteiger partial charge in [-0.05, 0) is 30.8 Å². The van der Waals surface area contributed by atoms with E-state index in [0.717, 1.165) is 30.9 Å². The van der Waals surface area contributed by atoms with Crippen LogP contribution in [0.4, 0.5) is 5.69 Å². The van der Waals surface area contributed by atoms with Gasteiger partial charge in [-0.3, -0.25) is 0 Å². The second-order valence-electron chi connectivity index (χ2n) is 4.27. The number of thiocarbonyl (C=S) groups is 1. The van der Waals surface area contributed by atoms with Crippen LogP contribution >= 0.6 is 12.2 Å². The summed E-state index contributed by atoms with van der Waals surface area (Å²) < 4.78 is 7.21. The van der Waals surface area contributed by atoms with E-state index in [4.69, 9.17) is 17.0 Å². The third-order valence-corrected chi connectivity index (χ3v) is 3.01. The third-order valence-electron chi connectivity index (χ3n) is 2.77. The maximum absolute atomic E-state index is 5.25. The van der Waals surface area contributed by atoms with Gasteiger partial charge in [-0.1, -0.05) is 6.07 Å². The number of nitrogens with one attached hydrogen (secondary N) is 2. The van der Waals surface area contributed by atoms with Crippen LogP contribution in [0.2, 0.25) is 0 Å². The molecule has 0 unspecified atom stereocenters. The normalized spacial score (nSPS) is 10.1. The fourth-order valence-corrected chi connectivity index (χ4v) is 1.98. The monoisotopic (exact) mass is 290 g/mol. The molecule has 0 radical (unpaired) electrons. The highest BCUT2D eigenvalue weighted by atomic mass is 32.1. The lowest BCUT2D eigenvalue weighted by Crippen LogP contribution is -2.29. The van der Waals surface area contributed by atoms with Gasteiger partial charge in [0.1, 0.15) is 5.75 Å². The average molecular weight is 290 g/mol. The van der Waals surface area contributed by atoms with Crippen molar-refractivity contribution in [3.63, 3.8) is 0 Å². The lowest BCUT2D eigenvalue weighted by atomic mass is 10.3. The topological polar surface area (TPSA) is 51.1 Å². The van der Waals surface area contributed by atoms with E-state index >= 15 is 0 Å². The summed E-state index contributed by atoms with van der Waals surface area (Å²) in [5, 5.41) is 6.92. The molecule has 2 N–H and O–H groups in total. The molecule has 106 valence electrons. The fraction of sp³-hybridized carbons (Fsp3) is 0.286. The predicted octanol–water partition coefficient (Wildman–Crippen LogP) is 2.27. The van der Waals surface area contributed by atoms with Crippen molar-refractivity contribution >= 4 is 23.0 Å². The second-order valence-corrected chi connectivity index (χ2v) is 4.68. The van der Waals surface area contributed by atoms with E-state index in [2.05, 4.69) is 15.6 Å². The minimum Gasteiger partial charge on any atom is -0.497 e. The second kappa shape index (κ2) is 7.49. The summed E-state index contributed by atoms with van der Waals surface area (Å²) in [4.78, 5) is 4.00. The first-order valence-electron chi connectivity index (χ1n) is 6.42. The molecule has 1 heterocycles. The van der Waals surface area contributed by atoms with Crippen molar-refractivity contribution in [1.82, 2.24) is 14.9 Å². The molecule has 0 atom stereocenters. The van der Waals surface area contributed by atoms with E-state index in [1.165, 1.54) is 0 Å². The number of hydrogen-bond donors (Lipinski definition) is 2. The van der Waals surface area contributed by atoms with E-state index in [-0.39, 0.29) is 0 Å². The number of methoxy groups -OCH3 is 1. The van der Waals surface area contributed by atoms with Crippen molar-refractivity contribution in [3.05, 3.63) is 43.0 Å². The van der Waals surface area contributed by atoms with Crippen LogP contribution in [-0.2, 0) is 6.54 Å². The molecule has 0 aliphatic carbocycles. The van der Waals surface area contributed by atoms with Gasteiger partial charge in [0.05, 0.1) is 13.4 Å². The maximum Gasteiger partial charge on any atom is 0.170 e. The Labute approximate surface area is 124 Å². The molecule has 1 aromatic carbocycles. The van der Waals surface area contributed by atoms with Crippen molar-refractivity contribution in [3.8, 4) is 5.75 Å². The molecular formula is C14H18N4OS. The summed E-state index contributed by atoms with van der Waals surface area (Å²) in [6, 6.07) is 7.66. The van der Waals surface area contributed by atoms with E-state index in [1.807, 2.05) is 41.4 Å². The fourth-order valence-electron chi connectivity index (χ4n) is 1.76.